The molecule has 1 aromatic rings. The Kier molecular flexibility index (Phi) is 7.61. The fourth-order valence-electron chi connectivity index (χ4n) is 2.29. The van der Waals surface area contributed by atoms with Gasteiger partial charge in [0.05, 0.1) is 25.8 Å². The summed E-state index contributed by atoms with van der Waals surface area (Å²) in [5.41, 5.74) is 0. The predicted molar refractivity (Wildman–Crippen MR) is 90.1 cm³/mol. The zero-order valence-electron chi connectivity index (χ0n) is 13.4. The summed E-state index contributed by atoms with van der Waals surface area (Å²) in [5.74, 6) is 0.689. The van der Waals surface area contributed by atoms with Crippen molar-refractivity contribution < 1.29 is 14.3 Å². The quantitative estimate of drug-likeness (QED) is 0.683. The van der Waals surface area contributed by atoms with Crippen molar-refractivity contribution in [2.24, 2.45) is 0 Å². The summed E-state index contributed by atoms with van der Waals surface area (Å²) in [6.45, 7) is 4.45. The van der Waals surface area contributed by atoms with Gasteiger partial charge in [0.2, 0.25) is 5.91 Å². The zero-order valence-corrected chi connectivity index (χ0v) is 14.1. The largest absolute Gasteiger partial charge is 0.492 e. The standard InChI is InChI=1S/C16H24ClN3O3/c1-20-7-9-23-15(12-20)10-18-11-16(21)19-6-8-22-14-4-2-13(17)3-5-14/h2-5,15,18H,6-12H2,1H3,(H,19,21)/t15-/m1/s1. The average Bonchev–Trinajstić information content (AvgIpc) is 2.53. The van der Waals surface area contributed by atoms with Crippen molar-refractivity contribution in [3.8, 4) is 5.75 Å². The summed E-state index contributed by atoms with van der Waals surface area (Å²) in [6, 6.07) is 7.13. The fourth-order valence-corrected chi connectivity index (χ4v) is 2.42. The molecule has 1 saturated heterocycles. The van der Waals surface area contributed by atoms with E-state index in [4.69, 9.17) is 21.1 Å². The van der Waals surface area contributed by atoms with Crippen LogP contribution >= 0.6 is 11.6 Å². The number of amides is 1. The Bertz CT molecular complexity index is 484. The van der Waals surface area contributed by atoms with Crippen molar-refractivity contribution in [2.75, 3.05) is 53.0 Å². The van der Waals surface area contributed by atoms with Crippen LogP contribution in [0.3, 0.4) is 0 Å². The predicted octanol–water partition coefficient (Wildman–Crippen LogP) is 0.755. The van der Waals surface area contributed by atoms with Crippen molar-refractivity contribution in [3.63, 3.8) is 0 Å². The molecular formula is C16H24ClN3O3. The van der Waals surface area contributed by atoms with Crippen LogP contribution in [0.5, 0.6) is 5.75 Å². The van der Waals surface area contributed by atoms with Crippen LogP contribution in [0.25, 0.3) is 0 Å². The first-order valence-electron chi connectivity index (χ1n) is 7.79. The van der Waals surface area contributed by atoms with Crippen LogP contribution in [0.1, 0.15) is 0 Å². The molecule has 0 spiro atoms. The highest BCUT2D eigenvalue weighted by Gasteiger charge is 2.17. The molecule has 1 aromatic carbocycles. The molecule has 6 nitrogen and oxygen atoms in total. The Labute approximate surface area is 142 Å². The lowest BCUT2D eigenvalue weighted by molar-refractivity contribution is -0.120. The molecule has 2 N–H and O–H groups in total. The minimum absolute atomic E-state index is 0.0473. The number of hydrogen-bond acceptors (Lipinski definition) is 5. The topological polar surface area (TPSA) is 62.8 Å². The van der Waals surface area contributed by atoms with Crippen LogP contribution in [0.15, 0.2) is 24.3 Å². The summed E-state index contributed by atoms with van der Waals surface area (Å²) >= 11 is 5.80. The van der Waals surface area contributed by atoms with Gasteiger partial charge in [-0.1, -0.05) is 11.6 Å². The molecule has 0 saturated carbocycles. The highest BCUT2D eigenvalue weighted by Crippen LogP contribution is 2.15. The van der Waals surface area contributed by atoms with E-state index in [1.54, 1.807) is 24.3 Å². The molecule has 0 aliphatic carbocycles. The van der Waals surface area contributed by atoms with Gasteiger partial charge in [0, 0.05) is 24.7 Å². The lowest BCUT2D eigenvalue weighted by Gasteiger charge is -2.30. The van der Waals surface area contributed by atoms with Crippen molar-refractivity contribution in [1.82, 2.24) is 15.5 Å². The monoisotopic (exact) mass is 341 g/mol. The number of nitrogens with zero attached hydrogens (tertiary/aromatic N) is 1. The molecule has 1 atom stereocenters. The molecule has 2 rings (SSSR count). The normalized spacial score (nSPS) is 18.6. The lowest BCUT2D eigenvalue weighted by atomic mass is 10.3. The molecule has 23 heavy (non-hydrogen) atoms. The lowest BCUT2D eigenvalue weighted by Crippen LogP contribution is -2.46. The number of likely N-dealkylation sites (N-methyl/N-ethyl adjacent to an activating group) is 1. The van der Waals surface area contributed by atoms with Crippen LogP contribution < -0.4 is 15.4 Å². The molecule has 0 unspecified atom stereocenters. The van der Waals surface area contributed by atoms with Crippen molar-refractivity contribution in [1.29, 1.82) is 0 Å². The molecule has 0 aromatic heterocycles. The molecule has 7 heteroatoms. The third-order valence-electron chi connectivity index (χ3n) is 3.51. The smallest absolute Gasteiger partial charge is 0.234 e. The molecule has 0 radical (unpaired) electrons. The van der Waals surface area contributed by atoms with Crippen molar-refractivity contribution in [3.05, 3.63) is 29.3 Å². The van der Waals surface area contributed by atoms with E-state index in [0.29, 0.717) is 24.7 Å². The van der Waals surface area contributed by atoms with Crippen LogP contribution in [-0.2, 0) is 9.53 Å². The molecule has 128 valence electrons. The number of ether oxygens (including phenoxy) is 2. The second kappa shape index (κ2) is 9.72. The van der Waals surface area contributed by atoms with Gasteiger partial charge < -0.3 is 25.0 Å². The fraction of sp³-hybridized carbons (Fsp3) is 0.562. The van der Waals surface area contributed by atoms with E-state index >= 15 is 0 Å². The summed E-state index contributed by atoms with van der Waals surface area (Å²) in [7, 11) is 2.07. The first-order valence-corrected chi connectivity index (χ1v) is 8.17. The van der Waals surface area contributed by atoms with E-state index in [0.717, 1.165) is 25.4 Å². The van der Waals surface area contributed by atoms with E-state index in [2.05, 4.69) is 22.6 Å². The maximum Gasteiger partial charge on any atom is 0.234 e. The molecular weight excluding hydrogens is 318 g/mol. The molecule has 1 heterocycles. The van der Waals surface area contributed by atoms with E-state index < -0.39 is 0 Å². The minimum Gasteiger partial charge on any atom is -0.492 e. The molecule has 1 aliphatic rings. The summed E-state index contributed by atoms with van der Waals surface area (Å²) in [5, 5.41) is 6.60. The van der Waals surface area contributed by atoms with E-state index in [-0.39, 0.29) is 18.6 Å². The minimum atomic E-state index is -0.0473. The van der Waals surface area contributed by atoms with E-state index in [9.17, 15) is 4.79 Å². The average molecular weight is 342 g/mol. The van der Waals surface area contributed by atoms with Crippen LogP contribution in [0, 0.1) is 0 Å². The number of hydrogen-bond donors (Lipinski definition) is 2. The van der Waals surface area contributed by atoms with Gasteiger partial charge in [-0.05, 0) is 31.3 Å². The number of nitrogens with one attached hydrogen (secondary N) is 2. The Hall–Kier alpha value is -1.34. The van der Waals surface area contributed by atoms with Gasteiger partial charge in [0.15, 0.2) is 0 Å². The van der Waals surface area contributed by atoms with E-state index in [1.165, 1.54) is 0 Å². The third kappa shape index (κ3) is 7.18. The van der Waals surface area contributed by atoms with Gasteiger partial charge in [-0.2, -0.15) is 0 Å². The first-order chi connectivity index (χ1) is 11.1. The molecule has 1 fully saturated rings. The second-order valence-electron chi connectivity index (χ2n) is 5.54. The molecule has 1 amide bonds. The SMILES string of the molecule is CN1CCO[C@H](CNCC(=O)NCCOc2ccc(Cl)cc2)C1. The van der Waals surface area contributed by atoms with Gasteiger partial charge in [-0.15, -0.1) is 0 Å². The number of morpholine rings is 1. The van der Waals surface area contributed by atoms with Gasteiger partial charge in [-0.3, -0.25) is 4.79 Å². The highest BCUT2D eigenvalue weighted by atomic mass is 35.5. The van der Waals surface area contributed by atoms with Gasteiger partial charge in [-0.25, -0.2) is 0 Å². The Morgan fingerprint density at radius 2 is 2.22 bits per heavy atom. The van der Waals surface area contributed by atoms with Gasteiger partial charge in [0.1, 0.15) is 12.4 Å². The van der Waals surface area contributed by atoms with Crippen LogP contribution in [-0.4, -0.2) is 69.9 Å². The number of halogens is 1. The van der Waals surface area contributed by atoms with Crippen LogP contribution in [0.4, 0.5) is 0 Å². The summed E-state index contributed by atoms with van der Waals surface area (Å²) in [4.78, 5) is 13.9. The number of rotatable bonds is 8. The Morgan fingerprint density at radius 3 is 2.96 bits per heavy atom. The Balaban J connectivity index is 1.50. The van der Waals surface area contributed by atoms with Gasteiger partial charge >= 0.3 is 0 Å². The number of carbonyl (C=O) groups excluding carboxylic acids is 1. The summed E-state index contributed by atoms with van der Waals surface area (Å²) < 4.78 is 11.1. The first kappa shape index (κ1) is 18.0. The number of benzene rings is 1. The van der Waals surface area contributed by atoms with E-state index in [1.807, 2.05) is 0 Å². The highest BCUT2D eigenvalue weighted by molar-refractivity contribution is 6.30. The third-order valence-corrected chi connectivity index (χ3v) is 3.76. The molecule has 1 aliphatic heterocycles. The van der Waals surface area contributed by atoms with Crippen molar-refractivity contribution in [2.45, 2.75) is 6.10 Å². The van der Waals surface area contributed by atoms with Crippen molar-refractivity contribution >= 4 is 17.5 Å². The van der Waals surface area contributed by atoms with Crippen LogP contribution in [0.2, 0.25) is 5.02 Å². The Morgan fingerprint density at radius 1 is 1.43 bits per heavy atom. The second-order valence-corrected chi connectivity index (χ2v) is 5.97. The molecule has 0 bridgehead atoms. The maximum absolute atomic E-state index is 11.7. The van der Waals surface area contributed by atoms with Gasteiger partial charge in [0.25, 0.3) is 0 Å². The zero-order chi connectivity index (χ0) is 16.5. The maximum atomic E-state index is 11.7. The summed E-state index contributed by atoms with van der Waals surface area (Å²) in [6.07, 6.45) is 0.148. The number of carbonyl (C=O) groups is 1.